The zero-order chi connectivity index (χ0) is 37.8. The molecule has 0 nitrogen and oxygen atoms in total. The van der Waals surface area contributed by atoms with Crippen LogP contribution in [0.2, 0.25) is 0 Å². The van der Waals surface area contributed by atoms with Gasteiger partial charge in [-0.25, -0.2) is 0 Å². The van der Waals surface area contributed by atoms with Crippen molar-refractivity contribution in [2.75, 3.05) is 24.6 Å². The number of rotatable bonds is 14. The Morgan fingerprint density at radius 2 is 0.672 bits per heavy atom. The third kappa shape index (κ3) is 17.5. The van der Waals surface area contributed by atoms with Crippen molar-refractivity contribution < 1.29 is 77.2 Å². The van der Waals surface area contributed by atoms with Crippen molar-refractivity contribution in [3.8, 4) is 0 Å². The molecule has 0 aromatic heterocycles. The summed E-state index contributed by atoms with van der Waals surface area (Å²) in [7, 11) is 0.171. The van der Waals surface area contributed by atoms with E-state index >= 15 is 0 Å². The van der Waals surface area contributed by atoms with Crippen molar-refractivity contribution in [3.63, 3.8) is 0 Å². The minimum Gasteiger partial charge on any atom is -1.00 e. The monoisotopic (exact) mass is 998 g/mol. The molecule has 0 amide bonds. The fourth-order valence-corrected chi connectivity index (χ4v) is 12.5. The normalized spacial score (nSPS) is 10.3. The van der Waals surface area contributed by atoms with Gasteiger partial charge >= 0.3 is 52.4 Å². The minimum atomic E-state index is 0. The maximum atomic E-state index is 2.44. The number of hydrogen-bond acceptors (Lipinski definition) is 0. The van der Waals surface area contributed by atoms with Crippen LogP contribution in [-0.4, -0.2) is 24.6 Å². The molecule has 8 aromatic carbocycles. The van der Waals surface area contributed by atoms with Gasteiger partial charge in [0.2, 0.25) is 0 Å². The predicted molar refractivity (Wildman–Crippen MR) is 250 cm³/mol. The number of hydrogen-bond donors (Lipinski definition) is 0. The van der Waals surface area contributed by atoms with E-state index in [1.54, 1.807) is 10.6 Å². The third-order valence-corrected chi connectivity index (χ3v) is 15.6. The summed E-state index contributed by atoms with van der Waals surface area (Å²) < 4.78 is 0. The summed E-state index contributed by atoms with van der Waals surface area (Å²) in [5.41, 5.74) is 0. The summed E-state index contributed by atoms with van der Waals surface area (Å²) in [6, 6.07) is 56.6. The van der Waals surface area contributed by atoms with E-state index in [4.69, 9.17) is 0 Å². The number of halogens is 2. The summed E-state index contributed by atoms with van der Waals surface area (Å²) in [5, 5.41) is 14.3. The summed E-state index contributed by atoms with van der Waals surface area (Å²) >= 11 is 0. The Morgan fingerprint density at radius 3 is 0.966 bits per heavy atom. The van der Waals surface area contributed by atoms with Crippen LogP contribution in [0.25, 0.3) is 43.1 Å². The molecular formula is C52H62Cl2P2Zr2-2. The van der Waals surface area contributed by atoms with Gasteiger partial charge in [-0.1, -0.05) is 93.5 Å². The number of benzene rings is 4. The van der Waals surface area contributed by atoms with Gasteiger partial charge in [0, 0.05) is 0 Å². The Balaban J connectivity index is 0.000000394. The first-order chi connectivity index (χ1) is 26.6. The molecule has 6 heteroatoms. The molecule has 0 saturated carbocycles. The summed E-state index contributed by atoms with van der Waals surface area (Å²) in [5.74, 6) is 0. The van der Waals surface area contributed by atoms with Crippen LogP contribution < -0.4 is 35.4 Å². The molecule has 0 aliphatic rings. The quantitative estimate of drug-likeness (QED) is 0.0753. The van der Waals surface area contributed by atoms with Crippen molar-refractivity contribution in [2.45, 2.75) is 79.1 Å². The molecule has 0 aliphatic carbocycles. The second-order valence-corrected chi connectivity index (χ2v) is 19.4. The van der Waals surface area contributed by atoms with E-state index in [1.165, 1.54) is 119 Å². The number of unbranched alkanes of at least 4 members (excludes halogenated alkanes) is 4. The van der Waals surface area contributed by atoms with Crippen LogP contribution in [0.4, 0.5) is 0 Å². The molecule has 58 heavy (non-hydrogen) atoms. The van der Waals surface area contributed by atoms with E-state index in [-0.39, 0.29) is 93.1 Å². The van der Waals surface area contributed by atoms with E-state index in [1.807, 2.05) is 0 Å². The molecule has 0 fully saturated rings. The molecule has 8 aromatic rings. The van der Waals surface area contributed by atoms with Gasteiger partial charge in [0.25, 0.3) is 0 Å². The van der Waals surface area contributed by atoms with Gasteiger partial charge in [-0.3, -0.25) is 0 Å². The first-order valence-electron chi connectivity index (χ1n) is 20.6. The van der Waals surface area contributed by atoms with E-state index in [2.05, 4.69) is 185 Å². The minimum absolute atomic E-state index is 0. The van der Waals surface area contributed by atoms with E-state index in [0.717, 1.165) is 0 Å². The second kappa shape index (κ2) is 31.4. The average molecular weight is 1000 g/mol. The summed E-state index contributed by atoms with van der Waals surface area (Å²) in [6.07, 6.45) is 16.5. The van der Waals surface area contributed by atoms with Crippen LogP contribution in [-0.2, 0) is 52.4 Å². The number of fused-ring (bicyclic) bond motifs is 4. The van der Waals surface area contributed by atoms with Gasteiger partial charge in [0.05, 0.1) is 0 Å². The topological polar surface area (TPSA) is 0 Å². The Kier molecular flexibility index (Phi) is 29.5. The Hall–Kier alpha value is -1.47. The first-order valence-corrected chi connectivity index (χ1v) is 24.1. The summed E-state index contributed by atoms with van der Waals surface area (Å²) in [6.45, 7) is 9.20. The van der Waals surface area contributed by atoms with Crippen molar-refractivity contribution in [2.24, 2.45) is 0 Å². The first kappa shape index (κ1) is 54.5. The van der Waals surface area contributed by atoms with Gasteiger partial charge in [-0.15, -0.1) is 140 Å². The molecule has 0 N–H and O–H groups in total. The van der Waals surface area contributed by atoms with Gasteiger partial charge in [0.15, 0.2) is 0 Å². The maximum absolute atomic E-state index is 2.44. The fourth-order valence-electron chi connectivity index (χ4n) is 6.91. The molecule has 0 atom stereocenters. The average Bonchev–Trinajstić information content (AvgIpc) is 4.04. The van der Waals surface area contributed by atoms with Gasteiger partial charge in [0.1, 0.15) is 0 Å². The van der Waals surface area contributed by atoms with Gasteiger partial charge in [-0.05, 0) is 50.3 Å². The van der Waals surface area contributed by atoms with Crippen LogP contribution in [0, 0.1) is 0 Å². The molecule has 0 spiro atoms. The molecule has 0 aliphatic heterocycles. The molecule has 0 radical (unpaired) electrons. The zero-order valence-corrected chi connectivity index (χ0v) is 43.4. The summed E-state index contributed by atoms with van der Waals surface area (Å²) in [4.78, 5) is 0. The Morgan fingerprint density at radius 1 is 0.379 bits per heavy atom. The zero-order valence-electron chi connectivity index (χ0n) is 35.1. The largest absolute Gasteiger partial charge is 2.00 e. The molecular weight excluding hydrogens is 940 g/mol. The van der Waals surface area contributed by atoms with Gasteiger partial charge < -0.3 is 24.8 Å². The van der Waals surface area contributed by atoms with E-state index in [9.17, 15) is 0 Å². The predicted octanol–water partition coefficient (Wildman–Crippen LogP) is 9.65. The fraction of sp³-hybridized carbons (Fsp3) is 0.308. The van der Waals surface area contributed by atoms with Gasteiger partial charge in [-0.2, -0.15) is 47.2 Å². The van der Waals surface area contributed by atoms with Crippen LogP contribution >= 0.6 is 15.8 Å². The van der Waals surface area contributed by atoms with E-state index in [0.29, 0.717) is 0 Å². The van der Waals surface area contributed by atoms with Crippen molar-refractivity contribution in [3.05, 3.63) is 158 Å². The van der Waals surface area contributed by atoms with Crippen LogP contribution in [0.5, 0.6) is 0 Å². The Bertz CT molecular complexity index is 1890. The van der Waals surface area contributed by atoms with Crippen molar-refractivity contribution in [1.29, 1.82) is 0 Å². The van der Waals surface area contributed by atoms with Crippen molar-refractivity contribution >= 4 is 69.5 Å². The maximum Gasteiger partial charge on any atom is 2.00 e. The molecule has 0 heterocycles. The molecule has 304 valence electrons. The molecule has 0 bridgehead atoms. The van der Waals surface area contributed by atoms with Crippen LogP contribution in [0.3, 0.4) is 0 Å². The smallest absolute Gasteiger partial charge is 1.00 e. The molecule has 8 rings (SSSR count). The second-order valence-electron chi connectivity index (χ2n) is 14.4. The standard InChI is InChI=1S/2C17H24P.2C9H7.2ClH.2Zr/c2*1-3-5-11-18(12-6-4-2)17-13-15-9-7-8-10-16(15)14-17;2*1-2-5-9-7-3-6-8(9)4-1;;;;/h2*7-10,13-14H,3-6,11-12H2,1-2H3;2*1-7H;2*1H;;/q4*-1;;;2*+2/p-2. The van der Waals surface area contributed by atoms with E-state index < -0.39 is 0 Å². The SMILES string of the molecule is CCCCP(CCCC)c1cc2ccccc2[cH-]1.CCCCP(CCCC)c1cc2ccccc2[cH-]1.[Cl-].[Cl-].[Zr+2].[Zr+2].c1ccc2[cH-]ccc2c1.c1ccc2[cH-]ccc2c1. The van der Waals surface area contributed by atoms with Crippen molar-refractivity contribution in [1.82, 2.24) is 0 Å². The molecule has 0 saturated heterocycles. The van der Waals surface area contributed by atoms with Crippen LogP contribution in [0.1, 0.15) is 79.1 Å². The third-order valence-electron chi connectivity index (χ3n) is 10.2. The van der Waals surface area contributed by atoms with Crippen LogP contribution in [0.15, 0.2) is 158 Å². The molecule has 0 unspecified atom stereocenters. The Labute approximate surface area is 404 Å².